The van der Waals surface area contributed by atoms with Gasteiger partial charge in [-0.05, 0) is 96.6 Å². The number of allylic oxidation sites excluding steroid dienone is 2. The summed E-state index contributed by atoms with van der Waals surface area (Å²) in [5, 5.41) is 18.6. The van der Waals surface area contributed by atoms with E-state index in [1.165, 1.54) is 96.3 Å². The molecule has 1 N–H and O–H groups in total. The summed E-state index contributed by atoms with van der Waals surface area (Å²) in [6.45, 7) is 12.8. The molecular formula is C48H90N4O5. The second-order valence-electron chi connectivity index (χ2n) is 16.6. The third-order valence-electron chi connectivity index (χ3n) is 11.1. The first-order chi connectivity index (χ1) is 27.9. The molecule has 0 amide bonds. The highest BCUT2D eigenvalue weighted by molar-refractivity contribution is 5.69. The van der Waals surface area contributed by atoms with Gasteiger partial charge in [-0.1, -0.05) is 148 Å². The molecule has 332 valence electrons. The normalized spacial score (nSPS) is 12.3. The van der Waals surface area contributed by atoms with Crippen LogP contribution in [0.3, 0.4) is 0 Å². The molecular weight excluding hydrogens is 713 g/mol. The highest BCUT2D eigenvalue weighted by Gasteiger charge is 2.15. The Kier molecular flexibility index (Phi) is 36.3. The van der Waals surface area contributed by atoms with Gasteiger partial charge in [0.25, 0.3) is 0 Å². The molecule has 0 saturated heterocycles. The van der Waals surface area contributed by atoms with Crippen LogP contribution in [0.5, 0.6) is 0 Å². The third kappa shape index (κ3) is 32.3. The van der Waals surface area contributed by atoms with E-state index in [2.05, 4.69) is 48.1 Å². The number of aliphatic hydroxyl groups excluding tert-OH is 1. The molecule has 1 aromatic heterocycles. The lowest BCUT2D eigenvalue weighted by Gasteiger charge is -2.22. The molecule has 0 aliphatic rings. The summed E-state index contributed by atoms with van der Waals surface area (Å²) in [5.74, 6) is -0.0792. The second-order valence-corrected chi connectivity index (χ2v) is 16.6. The van der Waals surface area contributed by atoms with Crippen molar-refractivity contribution in [3.05, 3.63) is 24.0 Å². The summed E-state index contributed by atoms with van der Waals surface area (Å²) in [6.07, 6.45) is 39.8. The number of carbonyl (C=O) groups excluding carboxylic acids is 2. The number of hydrogen-bond acceptors (Lipinski definition) is 8. The molecule has 0 aliphatic heterocycles. The Morgan fingerprint density at radius 1 is 0.649 bits per heavy atom. The van der Waals surface area contributed by atoms with Gasteiger partial charge in [0.1, 0.15) is 11.8 Å². The van der Waals surface area contributed by atoms with Crippen LogP contribution >= 0.6 is 0 Å². The van der Waals surface area contributed by atoms with Crippen molar-refractivity contribution in [2.24, 2.45) is 0 Å². The first-order valence-corrected chi connectivity index (χ1v) is 24.2. The number of esters is 2. The first kappa shape index (κ1) is 52.8. The highest BCUT2D eigenvalue weighted by atomic mass is 16.5. The summed E-state index contributed by atoms with van der Waals surface area (Å²) >= 11 is 0. The van der Waals surface area contributed by atoms with Gasteiger partial charge in [-0.25, -0.2) is 0 Å². The molecule has 0 spiro atoms. The summed E-state index contributed by atoms with van der Waals surface area (Å²) in [5.41, 5.74) is 0.629. The summed E-state index contributed by atoms with van der Waals surface area (Å²) in [7, 11) is 0. The molecule has 0 radical (unpaired) electrons. The lowest BCUT2D eigenvalue weighted by molar-refractivity contribution is -0.150. The quantitative estimate of drug-likeness (QED) is 0.0396. The molecule has 0 fully saturated rings. The minimum Gasteiger partial charge on any atom is -0.466 e. The topological polar surface area (TPSA) is 107 Å². The zero-order valence-electron chi connectivity index (χ0n) is 37.7. The van der Waals surface area contributed by atoms with Crippen LogP contribution in [0.15, 0.2) is 18.3 Å². The Hall–Kier alpha value is -2.26. The Morgan fingerprint density at radius 2 is 1.16 bits per heavy atom. The predicted molar refractivity (Wildman–Crippen MR) is 237 cm³/mol. The molecule has 1 aromatic rings. The van der Waals surface area contributed by atoms with Crippen LogP contribution in [0.4, 0.5) is 0 Å². The molecule has 0 saturated carbocycles. The standard InChI is InChI=1S/C48H90N4O5/c1-5-9-12-15-18-19-25-33-42-56-47(54)36-30-26-32-39-51(40-41-52-43-45(49-50-52)46(53)8-4)38-31-24-20-23-29-37-48(55)57-44(34-27-21-16-13-10-6-2)35-28-22-17-14-11-7-3/h18-19,43-44,46,53H,5-17,20-42H2,1-4H3/b19-18-. The van der Waals surface area contributed by atoms with E-state index < -0.39 is 6.10 Å². The molecule has 57 heavy (non-hydrogen) atoms. The van der Waals surface area contributed by atoms with E-state index in [-0.39, 0.29) is 18.0 Å². The molecule has 0 aliphatic carbocycles. The van der Waals surface area contributed by atoms with Crippen LogP contribution in [0.25, 0.3) is 0 Å². The van der Waals surface area contributed by atoms with Crippen molar-refractivity contribution in [1.82, 2.24) is 19.9 Å². The maximum Gasteiger partial charge on any atom is 0.306 e. The van der Waals surface area contributed by atoms with E-state index in [1.54, 1.807) is 0 Å². The van der Waals surface area contributed by atoms with Crippen LogP contribution in [0, 0.1) is 0 Å². The fourth-order valence-corrected chi connectivity index (χ4v) is 7.30. The minimum atomic E-state index is -0.572. The van der Waals surface area contributed by atoms with Crippen molar-refractivity contribution in [3.63, 3.8) is 0 Å². The van der Waals surface area contributed by atoms with Crippen molar-refractivity contribution in [1.29, 1.82) is 0 Å². The number of aromatic nitrogens is 3. The lowest BCUT2D eigenvalue weighted by atomic mass is 10.0. The van der Waals surface area contributed by atoms with Crippen molar-refractivity contribution in [2.45, 2.75) is 245 Å². The van der Waals surface area contributed by atoms with E-state index >= 15 is 0 Å². The fraction of sp³-hybridized carbons (Fsp3) is 0.875. The number of aliphatic hydroxyl groups is 1. The maximum absolute atomic E-state index is 12.8. The number of rotatable bonds is 42. The van der Waals surface area contributed by atoms with E-state index in [1.807, 2.05) is 17.8 Å². The van der Waals surface area contributed by atoms with Crippen LogP contribution in [-0.4, -0.2) is 69.3 Å². The van der Waals surface area contributed by atoms with Crippen molar-refractivity contribution in [2.75, 3.05) is 26.2 Å². The number of unbranched alkanes of at least 4 members (excludes halogenated alkanes) is 20. The Labute approximate surface area is 350 Å². The summed E-state index contributed by atoms with van der Waals surface area (Å²) in [4.78, 5) is 27.6. The molecule has 1 rings (SSSR count). The largest absolute Gasteiger partial charge is 0.466 e. The molecule has 0 aromatic carbocycles. The van der Waals surface area contributed by atoms with Crippen molar-refractivity contribution >= 4 is 11.9 Å². The molecule has 9 nitrogen and oxygen atoms in total. The van der Waals surface area contributed by atoms with Gasteiger partial charge in [-0.15, -0.1) is 5.10 Å². The van der Waals surface area contributed by atoms with Crippen molar-refractivity contribution < 1.29 is 24.2 Å². The average molecular weight is 803 g/mol. The third-order valence-corrected chi connectivity index (χ3v) is 11.1. The molecule has 9 heteroatoms. The smallest absolute Gasteiger partial charge is 0.306 e. The monoisotopic (exact) mass is 803 g/mol. The number of carbonyl (C=O) groups is 2. The summed E-state index contributed by atoms with van der Waals surface area (Å²) < 4.78 is 13.4. The van der Waals surface area contributed by atoms with Crippen LogP contribution in [0.2, 0.25) is 0 Å². The number of ether oxygens (including phenoxy) is 2. The number of hydrogen-bond donors (Lipinski definition) is 1. The molecule has 1 unspecified atom stereocenters. The zero-order valence-corrected chi connectivity index (χ0v) is 37.7. The zero-order chi connectivity index (χ0) is 41.4. The van der Waals surface area contributed by atoms with Gasteiger partial charge < -0.3 is 19.5 Å². The maximum atomic E-state index is 12.8. The molecule has 1 heterocycles. The van der Waals surface area contributed by atoms with E-state index in [0.717, 1.165) is 110 Å². The SMILES string of the molecule is CCCCC/C=C\CCCOC(=O)CCCCCN(CCCCCCCC(=O)OC(CCCCCCCC)CCCCCCCC)CCn1cc(C(O)CC)nn1. The first-order valence-electron chi connectivity index (χ1n) is 24.2. The van der Waals surface area contributed by atoms with Crippen LogP contribution < -0.4 is 0 Å². The van der Waals surface area contributed by atoms with Gasteiger partial charge in [0, 0.05) is 19.4 Å². The predicted octanol–water partition coefficient (Wildman–Crippen LogP) is 12.8. The Bertz CT molecular complexity index is 1060. The lowest BCUT2D eigenvalue weighted by Crippen LogP contribution is -2.30. The summed E-state index contributed by atoms with van der Waals surface area (Å²) in [6, 6.07) is 0. The van der Waals surface area contributed by atoms with Gasteiger partial charge in [-0.2, -0.15) is 0 Å². The van der Waals surface area contributed by atoms with Gasteiger partial charge in [0.05, 0.1) is 25.5 Å². The van der Waals surface area contributed by atoms with Gasteiger partial charge in [-0.3, -0.25) is 14.3 Å². The minimum absolute atomic E-state index is 0.0000472. The Balaban J connectivity index is 2.39. The fourth-order valence-electron chi connectivity index (χ4n) is 7.30. The van der Waals surface area contributed by atoms with Crippen LogP contribution in [0.1, 0.15) is 239 Å². The van der Waals surface area contributed by atoms with E-state index in [0.29, 0.717) is 31.6 Å². The van der Waals surface area contributed by atoms with Gasteiger partial charge >= 0.3 is 11.9 Å². The van der Waals surface area contributed by atoms with Gasteiger partial charge in [0.2, 0.25) is 0 Å². The van der Waals surface area contributed by atoms with Gasteiger partial charge in [0.15, 0.2) is 0 Å². The molecule has 1 atom stereocenters. The molecule has 0 bridgehead atoms. The van der Waals surface area contributed by atoms with Crippen LogP contribution in [-0.2, 0) is 25.6 Å². The van der Waals surface area contributed by atoms with Crippen molar-refractivity contribution in [3.8, 4) is 0 Å². The average Bonchev–Trinajstić information content (AvgIpc) is 3.69. The highest BCUT2D eigenvalue weighted by Crippen LogP contribution is 2.19. The van der Waals surface area contributed by atoms with E-state index in [4.69, 9.17) is 9.47 Å². The number of nitrogens with zero attached hydrogens (tertiary/aromatic N) is 4. The van der Waals surface area contributed by atoms with E-state index in [9.17, 15) is 14.7 Å². The second kappa shape index (κ2) is 39.2. The Morgan fingerprint density at radius 3 is 1.77 bits per heavy atom.